The van der Waals surface area contributed by atoms with Crippen LogP contribution in [0, 0.1) is 11.3 Å². The van der Waals surface area contributed by atoms with Gasteiger partial charge in [0.05, 0.1) is 18.4 Å². The summed E-state index contributed by atoms with van der Waals surface area (Å²) < 4.78 is 38.6. The number of fused-ring (bicyclic) bond motifs is 3. The van der Waals surface area contributed by atoms with Crippen molar-refractivity contribution in [2.75, 3.05) is 20.2 Å². The Labute approximate surface area is 293 Å². The quantitative estimate of drug-likeness (QED) is 0.374. The van der Waals surface area contributed by atoms with Crippen LogP contribution < -0.4 is 15.4 Å². The predicted molar refractivity (Wildman–Crippen MR) is 184 cm³/mol. The highest BCUT2D eigenvalue weighted by Crippen LogP contribution is 2.45. The Kier molecular flexibility index (Phi) is 10.7. The number of ether oxygens (including phenoxy) is 2. The van der Waals surface area contributed by atoms with E-state index in [1.165, 1.54) is 15.9 Å². The fourth-order valence-corrected chi connectivity index (χ4v) is 7.70. The Morgan fingerprint density at radius 1 is 1.14 bits per heavy atom. The fraction of sp³-hybridized carbons (Fsp3) is 0.571. The molecule has 1 aromatic carbocycles. The number of allylic oxidation sites excluding steroid dienone is 1. The van der Waals surface area contributed by atoms with E-state index in [1.54, 1.807) is 27.8 Å². The van der Waals surface area contributed by atoms with Crippen molar-refractivity contribution < 1.29 is 41.9 Å². The number of carbonyl (C=O) groups is 5. The summed E-state index contributed by atoms with van der Waals surface area (Å²) in [4.78, 5) is 70.7. The molecule has 1 aromatic rings. The van der Waals surface area contributed by atoms with Crippen LogP contribution in [0.5, 0.6) is 0 Å². The Morgan fingerprint density at radius 2 is 1.86 bits per heavy atom. The van der Waals surface area contributed by atoms with Gasteiger partial charge in [0.2, 0.25) is 21.8 Å². The molecule has 3 fully saturated rings. The molecule has 15 heteroatoms. The van der Waals surface area contributed by atoms with Gasteiger partial charge in [-0.25, -0.2) is 18.0 Å². The standard InChI is InChI=1S/C35H47N5O9S/c1-6-24-19-35(24,31(43)38-50(46,47)26-15-16-26)37-29(41)27-18-25-21-40(27)30(42)28(34(2,3)4)36-32(44)48-17-11-7-8-12-22-13-9-10-14-23(22)20-39(5)33(45)49-25/h6,8-10,12-14,24-28H,1,7,11,15-21H2,2-5H3,(H,36,44)(H,37,41)(H,38,43)/b12-8+/t24-,25-,27+,28-,35-/m1/s1. The number of nitrogens with zero attached hydrogens (tertiary/aromatic N) is 2. The maximum Gasteiger partial charge on any atom is 0.410 e. The lowest BCUT2D eigenvalue weighted by molar-refractivity contribution is -0.142. The maximum absolute atomic E-state index is 14.3. The molecule has 1 saturated heterocycles. The van der Waals surface area contributed by atoms with Gasteiger partial charge in [0.1, 0.15) is 23.7 Å². The fourth-order valence-electron chi connectivity index (χ4n) is 6.34. The first kappa shape index (κ1) is 36.9. The van der Waals surface area contributed by atoms with Crippen molar-refractivity contribution in [1.82, 2.24) is 25.2 Å². The molecule has 272 valence electrons. The number of carbonyl (C=O) groups excluding carboxylic acids is 5. The van der Waals surface area contributed by atoms with Crippen molar-refractivity contribution >= 4 is 46.0 Å². The maximum atomic E-state index is 14.3. The average Bonchev–Trinajstić information content (AvgIpc) is 3.97. The molecule has 0 unspecified atom stereocenters. The number of sulfonamides is 1. The minimum atomic E-state index is -3.91. The molecule has 2 saturated carbocycles. The second-order valence-corrected chi connectivity index (χ2v) is 16.6. The number of amides is 5. The summed E-state index contributed by atoms with van der Waals surface area (Å²) in [5, 5.41) is 4.73. The smallest absolute Gasteiger partial charge is 0.410 e. The van der Waals surface area contributed by atoms with E-state index in [0.29, 0.717) is 25.7 Å². The van der Waals surface area contributed by atoms with E-state index in [0.717, 1.165) is 11.1 Å². The van der Waals surface area contributed by atoms with Gasteiger partial charge in [-0.1, -0.05) is 63.3 Å². The summed E-state index contributed by atoms with van der Waals surface area (Å²) in [6.45, 7) is 9.17. The van der Waals surface area contributed by atoms with Crippen LogP contribution in [-0.2, 0) is 40.4 Å². The van der Waals surface area contributed by atoms with Gasteiger partial charge in [0.25, 0.3) is 5.91 Å². The Hall–Kier alpha value is -4.40. The first-order valence-corrected chi connectivity index (χ1v) is 18.5. The lowest BCUT2D eigenvalue weighted by Crippen LogP contribution is -2.60. The number of cyclic esters (lactones) is 1. The van der Waals surface area contributed by atoms with Crippen LogP contribution in [0.15, 0.2) is 43.0 Å². The number of alkyl carbamates (subject to hydrolysis) is 1. The van der Waals surface area contributed by atoms with Crippen LogP contribution in [0.25, 0.3) is 6.08 Å². The zero-order chi connectivity index (χ0) is 36.4. The molecule has 5 rings (SSSR count). The second-order valence-electron chi connectivity index (χ2n) is 14.6. The number of benzene rings is 1. The predicted octanol–water partition coefficient (Wildman–Crippen LogP) is 2.84. The highest BCUT2D eigenvalue weighted by Gasteiger charge is 2.62. The zero-order valence-electron chi connectivity index (χ0n) is 29.0. The molecule has 0 spiro atoms. The normalized spacial score (nSPS) is 28.8. The topological polar surface area (TPSA) is 181 Å². The van der Waals surface area contributed by atoms with E-state index in [2.05, 4.69) is 21.9 Å². The molecule has 2 heterocycles. The van der Waals surface area contributed by atoms with Crippen molar-refractivity contribution in [1.29, 1.82) is 0 Å². The monoisotopic (exact) mass is 713 g/mol. The average molecular weight is 714 g/mol. The molecule has 2 aliphatic heterocycles. The van der Waals surface area contributed by atoms with Crippen molar-refractivity contribution in [2.45, 2.75) is 94.8 Å². The third-order valence-electron chi connectivity index (χ3n) is 9.56. The third-order valence-corrected chi connectivity index (χ3v) is 11.4. The van der Waals surface area contributed by atoms with Gasteiger partial charge in [-0.3, -0.25) is 19.1 Å². The van der Waals surface area contributed by atoms with E-state index in [9.17, 15) is 32.4 Å². The Morgan fingerprint density at radius 3 is 2.52 bits per heavy atom. The summed E-state index contributed by atoms with van der Waals surface area (Å²) in [5.41, 5.74) is -0.629. The largest absolute Gasteiger partial charge is 0.450 e. The molecular weight excluding hydrogens is 666 g/mol. The van der Waals surface area contributed by atoms with Crippen LogP contribution in [0.4, 0.5) is 9.59 Å². The summed E-state index contributed by atoms with van der Waals surface area (Å²) in [6, 6.07) is 5.23. The Bertz CT molecular complexity index is 1670. The van der Waals surface area contributed by atoms with Gasteiger partial charge in [0, 0.05) is 25.9 Å². The third kappa shape index (κ3) is 8.31. The van der Waals surface area contributed by atoms with E-state index >= 15 is 0 Å². The SMILES string of the molecule is C=C[C@@H]1C[C@]1(NC(=O)[C@@H]1C[C@@H]2CN1C(=O)[C@H](C(C)(C)C)NC(=O)OCCC/C=C/c1ccccc1CN(C)C(=O)O2)C(=O)NS(=O)(=O)C1CC1. The number of hydrogen-bond donors (Lipinski definition) is 3. The van der Waals surface area contributed by atoms with Crippen LogP contribution >= 0.6 is 0 Å². The van der Waals surface area contributed by atoms with Crippen LogP contribution in [-0.4, -0.2) is 97.3 Å². The molecule has 2 bridgehead atoms. The van der Waals surface area contributed by atoms with Crippen molar-refractivity contribution in [3.63, 3.8) is 0 Å². The van der Waals surface area contributed by atoms with Gasteiger partial charge in [-0.05, 0) is 48.6 Å². The van der Waals surface area contributed by atoms with Gasteiger partial charge in [-0.2, -0.15) is 0 Å². The van der Waals surface area contributed by atoms with Crippen molar-refractivity contribution in [3.05, 3.63) is 54.1 Å². The van der Waals surface area contributed by atoms with Crippen molar-refractivity contribution in [3.8, 4) is 0 Å². The summed E-state index contributed by atoms with van der Waals surface area (Å²) >= 11 is 0. The molecule has 5 amide bonds. The number of hydrogen-bond acceptors (Lipinski definition) is 9. The summed E-state index contributed by atoms with van der Waals surface area (Å²) in [6.07, 6.45) is 5.06. The van der Waals surface area contributed by atoms with Gasteiger partial charge < -0.3 is 29.9 Å². The molecule has 50 heavy (non-hydrogen) atoms. The van der Waals surface area contributed by atoms with Gasteiger partial charge >= 0.3 is 12.2 Å². The first-order chi connectivity index (χ1) is 23.6. The van der Waals surface area contributed by atoms with E-state index in [1.807, 2.05) is 36.4 Å². The van der Waals surface area contributed by atoms with Crippen LogP contribution in [0.3, 0.4) is 0 Å². The van der Waals surface area contributed by atoms with E-state index in [-0.39, 0.29) is 32.5 Å². The number of rotatable bonds is 6. The van der Waals surface area contributed by atoms with E-state index in [4.69, 9.17) is 9.47 Å². The second kappa shape index (κ2) is 14.4. The first-order valence-electron chi connectivity index (χ1n) is 17.0. The highest BCUT2D eigenvalue weighted by atomic mass is 32.2. The lowest BCUT2D eigenvalue weighted by Gasteiger charge is -2.35. The minimum Gasteiger partial charge on any atom is -0.450 e. The molecule has 2 aliphatic carbocycles. The van der Waals surface area contributed by atoms with Gasteiger partial charge in [0.15, 0.2) is 0 Å². The van der Waals surface area contributed by atoms with Crippen LogP contribution in [0.1, 0.15) is 70.4 Å². The highest BCUT2D eigenvalue weighted by molar-refractivity contribution is 7.91. The Balaban J connectivity index is 1.42. The van der Waals surface area contributed by atoms with E-state index < -0.39 is 80.2 Å². The number of nitrogens with one attached hydrogen (secondary N) is 3. The molecule has 0 radical (unpaired) electrons. The minimum absolute atomic E-state index is 0.103. The molecule has 0 aromatic heterocycles. The summed E-state index contributed by atoms with van der Waals surface area (Å²) in [7, 11) is -2.31. The zero-order valence-corrected chi connectivity index (χ0v) is 29.8. The van der Waals surface area contributed by atoms with Crippen molar-refractivity contribution in [2.24, 2.45) is 11.3 Å². The molecular formula is C35H47N5O9S. The molecule has 3 N–H and O–H groups in total. The molecule has 4 aliphatic rings. The van der Waals surface area contributed by atoms with Crippen LogP contribution in [0.2, 0.25) is 0 Å². The van der Waals surface area contributed by atoms with Gasteiger partial charge in [-0.15, -0.1) is 6.58 Å². The molecule has 14 nitrogen and oxygen atoms in total. The summed E-state index contributed by atoms with van der Waals surface area (Å²) in [5.74, 6) is -2.76. The lowest BCUT2D eigenvalue weighted by atomic mass is 9.85. The molecule has 5 atom stereocenters.